The third kappa shape index (κ3) is 5.26. The predicted molar refractivity (Wildman–Crippen MR) is 110 cm³/mol. The van der Waals surface area contributed by atoms with Crippen molar-refractivity contribution in [2.45, 2.75) is 64.1 Å². The van der Waals surface area contributed by atoms with E-state index in [0.29, 0.717) is 26.0 Å². The molecule has 1 aliphatic carbocycles. The van der Waals surface area contributed by atoms with Crippen molar-refractivity contribution >= 4 is 17.8 Å². The van der Waals surface area contributed by atoms with Gasteiger partial charge in [-0.2, -0.15) is 0 Å². The zero-order valence-electron chi connectivity index (χ0n) is 17.8. The summed E-state index contributed by atoms with van der Waals surface area (Å²) in [5.74, 6) is -0.925. The topological polar surface area (TPSA) is 84.9 Å². The zero-order valence-corrected chi connectivity index (χ0v) is 17.8. The summed E-state index contributed by atoms with van der Waals surface area (Å²) in [5.41, 5.74) is -1.05. The lowest BCUT2D eigenvalue weighted by Gasteiger charge is -2.28. The number of likely N-dealkylation sites (tertiary alicyclic amines) is 1. The van der Waals surface area contributed by atoms with Crippen LogP contribution < -0.4 is 5.32 Å². The van der Waals surface area contributed by atoms with Crippen LogP contribution in [-0.2, 0) is 23.9 Å². The molecule has 0 aromatic heterocycles. The van der Waals surface area contributed by atoms with E-state index < -0.39 is 23.7 Å². The summed E-state index contributed by atoms with van der Waals surface area (Å²) in [4.78, 5) is 40.0. The van der Waals surface area contributed by atoms with Gasteiger partial charge < -0.3 is 19.7 Å². The number of carbonyl (C=O) groups is 3. The fourth-order valence-corrected chi connectivity index (χ4v) is 3.90. The fourth-order valence-electron chi connectivity index (χ4n) is 3.90. The van der Waals surface area contributed by atoms with Crippen molar-refractivity contribution in [3.8, 4) is 0 Å². The molecular formula is C22H34N2O5. The number of hydrogen-bond acceptors (Lipinski definition) is 5. The van der Waals surface area contributed by atoms with E-state index in [2.05, 4.69) is 18.5 Å². The number of carbonyl (C=O) groups excluding carboxylic acids is 3. The van der Waals surface area contributed by atoms with E-state index in [-0.39, 0.29) is 30.3 Å². The summed E-state index contributed by atoms with van der Waals surface area (Å²) in [5, 5.41) is 2.87. The first kappa shape index (κ1) is 23.1. The van der Waals surface area contributed by atoms with Gasteiger partial charge in [0.05, 0.1) is 6.61 Å². The second-order valence-electron chi connectivity index (χ2n) is 8.02. The van der Waals surface area contributed by atoms with Gasteiger partial charge in [-0.15, -0.1) is 13.2 Å². The molecule has 0 bridgehead atoms. The molecule has 1 heterocycles. The number of hydrogen-bond donors (Lipinski definition) is 1. The second-order valence-corrected chi connectivity index (χ2v) is 8.02. The van der Waals surface area contributed by atoms with E-state index >= 15 is 0 Å². The average Bonchev–Trinajstić information content (AvgIpc) is 3.27. The van der Waals surface area contributed by atoms with Crippen LogP contribution in [0.2, 0.25) is 0 Å². The Kier molecular flexibility index (Phi) is 8.02. The maximum Gasteiger partial charge on any atom is 0.332 e. The molecule has 0 aromatic rings. The van der Waals surface area contributed by atoms with Crippen LogP contribution in [0.15, 0.2) is 25.3 Å². The third-order valence-corrected chi connectivity index (χ3v) is 5.65. The van der Waals surface area contributed by atoms with Crippen LogP contribution in [0.4, 0.5) is 0 Å². The first-order valence-electron chi connectivity index (χ1n) is 10.5. The Bertz CT molecular complexity index is 649. The molecule has 0 radical (unpaired) electrons. The quantitative estimate of drug-likeness (QED) is 0.323. The number of amides is 2. The van der Waals surface area contributed by atoms with Gasteiger partial charge in [-0.1, -0.05) is 19.1 Å². The predicted octanol–water partition coefficient (Wildman–Crippen LogP) is 2.22. The molecule has 162 valence electrons. The molecule has 1 saturated heterocycles. The van der Waals surface area contributed by atoms with Crippen molar-refractivity contribution in [2.75, 3.05) is 19.8 Å². The van der Waals surface area contributed by atoms with Crippen LogP contribution in [-0.4, -0.2) is 60.1 Å². The van der Waals surface area contributed by atoms with Crippen LogP contribution in [0.5, 0.6) is 0 Å². The largest absolute Gasteiger partial charge is 0.464 e. The average molecular weight is 407 g/mol. The van der Waals surface area contributed by atoms with Gasteiger partial charge in [-0.25, -0.2) is 4.79 Å². The molecule has 1 saturated carbocycles. The van der Waals surface area contributed by atoms with Gasteiger partial charge in [-0.05, 0) is 45.4 Å². The molecule has 5 unspecified atom stereocenters. The van der Waals surface area contributed by atoms with E-state index in [1.54, 1.807) is 24.8 Å². The van der Waals surface area contributed by atoms with E-state index in [4.69, 9.17) is 9.47 Å². The molecule has 29 heavy (non-hydrogen) atoms. The Balaban J connectivity index is 2.04. The normalized spacial score (nSPS) is 29.1. The van der Waals surface area contributed by atoms with Gasteiger partial charge >= 0.3 is 5.97 Å². The number of esters is 1. The highest BCUT2D eigenvalue weighted by atomic mass is 16.5. The number of unbranched alkanes of at least 4 members (excludes halogenated alkanes) is 1. The van der Waals surface area contributed by atoms with E-state index in [9.17, 15) is 14.4 Å². The molecular weight excluding hydrogens is 372 g/mol. The molecule has 1 N–H and O–H groups in total. The second kappa shape index (κ2) is 10.1. The summed E-state index contributed by atoms with van der Waals surface area (Å²) < 4.78 is 10.8. The highest BCUT2D eigenvalue weighted by Gasteiger charge is 2.61. The van der Waals surface area contributed by atoms with Gasteiger partial charge in [0.1, 0.15) is 17.7 Å². The lowest BCUT2D eigenvalue weighted by molar-refractivity contribution is -0.151. The van der Waals surface area contributed by atoms with Crippen molar-refractivity contribution in [3.63, 3.8) is 0 Å². The number of ether oxygens (including phenoxy) is 2. The van der Waals surface area contributed by atoms with E-state index in [1.807, 2.05) is 13.0 Å². The van der Waals surface area contributed by atoms with Crippen molar-refractivity contribution in [1.29, 1.82) is 0 Å². The molecule has 7 nitrogen and oxygen atoms in total. The monoisotopic (exact) mass is 406 g/mol. The summed E-state index contributed by atoms with van der Waals surface area (Å²) in [6.07, 6.45) is 5.50. The zero-order chi connectivity index (χ0) is 21.6. The fraction of sp³-hybridized carbons (Fsp3) is 0.682. The first-order chi connectivity index (χ1) is 13.8. The molecule has 2 rings (SSSR count). The van der Waals surface area contributed by atoms with Crippen molar-refractivity contribution in [3.05, 3.63) is 25.3 Å². The highest BCUT2D eigenvalue weighted by Crippen LogP contribution is 2.45. The number of nitrogens with one attached hydrogen (secondary N) is 1. The Hall–Kier alpha value is -2.15. The molecule has 2 aliphatic rings. The van der Waals surface area contributed by atoms with Gasteiger partial charge in [-0.3, -0.25) is 9.59 Å². The van der Waals surface area contributed by atoms with Crippen molar-refractivity contribution in [1.82, 2.24) is 10.2 Å². The van der Waals surface area contributed by atoms with Crippen molar-refractivity contribution in [2.24, 2.45) is 11.8 Å². The molecule has 1 aliphatic heterocycles. The van der Waals surface area contributed by atoms with Crippen LogP contribution in [0.1, 0.15) is 46.5 Å². The lowest BCUT2D eigenvalue weighted by atomic mass is 10.1. The summed E-state index contributed by atoms with van der Waals surface area (Å²) in [6, 6.07) is -0.617. The maximum absolute atomic E-state index is 13.1. The third-order valence-electron chi connectivity index (χ3n) is 5.65. The highest BCUT2D eigenvalue weighted by molar-refractivity contribution is 5.95. The molecule has 0 spiro atoms. The number of rotatable bonds is 11. The molecule has 5 atom stereocenters. The van der Waals surface area contributed by atoms with Gasteiger partial charge in [0.15, 0.2) is 0 Å². The van der Waals surface area contributed by atoms with Crippen molar-refractivity contribution < 1.29 is 23.9 Å². The Labute approximate surface area is 173 Å². The summed E-state index contributed by atoms with van der Waals surface area (Å²) in [7, 11) is 0. The summed E-state index contributed by atoms with van der Waals surface area (Å²) >= 11 is 0. The number of nitrogens with zero attached hydrogens (tertiary/aromatic N) is 1. The van der Waals surface area contributed by atoms with E-state index in [1.165, 1.54) is 0 Å². The SMILES string of the molecule is C=CCCCOC(C)C(=O)N1CC(C)CC1C(=O)NC1(C(=O)OCC)CC1C=C. The standard InChI is InChI=1S/C22H34N2O5/c1-6-9-10-11-29-16(5)20(26)24-14-15(4)12-18(24)19(25)23-22(13-17(22)7-2)21(27)28-8-3/h6-7,15-18H,1-2,8-14H2,3-5H3,(H,23,25). The minimum absolute atomic E-state index is 0.152. The Morgan fingerprint density at radius 1 is 1.34 bits per heavy atom. The molecule has 0 aromatic carbocycles. The molecule has 2 amide bonds. The van der Waals surface area contributed by atoms with Crippen LogP contribution in [0, 0.1) is 11.8 Å². The van der Waals surface area contributed by atoms with Gasteiger partial charge in [0.25, 0.3) is 5.91 Å². The number of allylic oxidation sites excluding steroid dienone is 1. The Morgan fingerprint density at radius 2 is 2.07 bits per heavy atom. The Morgan fingerprint density at radius 3 is 2.66 bits per heavy atom. The molecule has 7 heteroatoms. The summed E-state index contributed by atoms with van der Waals surface area (Å²) in [6.45, 7) is 14.1. The van der Waals surface area contributed by atoms with E-state index in [0.717, 1.165) is 12.8 Å². The smallest absolute Gasteiger partial charge is 0.332 e. The first-order valence-corrected chi connectivity index (χ1v) is 10.5. The van der Waals surface area contributed by atoms with Crippen LogP contribution in [0.3, 0.4) is 0 Å². The maximum atomic E-state index is 13.1. The van der Waals surface area contributed by atoms with Crippen LogP contribution >= 0.6 is 0 Å². The lowest BCUT2D eigenvalue weighted by Crippen LogP contribution is -2.54. The molecule has 2 fully saturated rings. The van der Waals surface area contributed by atoms with Gasteiger partial charge in [0, 0.05) is 19.1 Å². The van der Waals surface area contributed by atoms with Crippen LogP contribution in [0.25, 0.3) is 0 Å². The minimum Gasteiger partial charge on any atom is -0.464 e. The minimum atomic E-state index is -1.05. The van der Waals surface area contributed by atoms with Gasteiger partial charge in [0.2, 0.25) is 5.91 Å².